The van der Waals surface area contributed by atoms with Crippen LogP contribution in [0, 0.1) is 64.3 Å². The molecular weight excluding hydrogens is 933 g/mol. The van der Waals surface area contributed by atoms with E-state index in [1.807, 2.05) is 24.2 Å². The Labute approximate surface area is 425 Å². The zero-order chi connectivity index (χ0) is 42.1. The van der Waals surface area contributed by atoms with Crippen molar-refractivity contribution in [2.24, 2.45) is 0 Å². The average molecular weight is 1010 g/mol. The minimum atomic E-state index is 0. The Kier molecular flexibility index (Phi) is 31.9. The van der Waals surface area contributed by atoms with Crippen molar-refractivity contribution >= 4 is 45.2 Å². The maximum Gasteiger partial charge on any atom is 1.00 e. The molecule has 0 bridgehead atoms. The molecule has 0 amide bonds. The number of aryl methyl sites for hydroxylation is 7. The fourth-order valence-electron chi connectivity index (χ4n) is 8.02. The molecule has 3 aliphatic heterocycles. The minimum absolute atomic E-state index is 0. The molecule has 0 unspecified atom stereocenters. The third-order valence-corrected chi connectivity index (χ3v) is 10.9. The van der Waals surface area contributed by atoms with E-state index in [1.54, 1.807) is 0 Å². The zero-order valence-electron chi connectivity index (χ0n) is 40.3. The molecule has 0 radical (unpaired) electrons. The number of aromatic nitrogens is 2. The summed E-state index contributed by atoms with van der Waals surface area (Å²) in [5, 5.41) is 4.75. The van der Waals surface area contributed by atoms with Gasteiger partial charge in [0, 0.05) is 30.2 Å². The van der Waals surface area contributed by atoms with Gasteiger partial charge in [-0.2, -0.15) is 69.8 Å². The van der Waals surface area contributed by atoms with Gasteiger partial charge in [-0.3, -0.25) is 14.8 Å². The summed E-state index contributed by atoms with van der Waals surface area (Å²) in [6, 6.07) is 24.7. The van der Waals surface area contributed by atoms with Crippen molar-refractivity contribution in [3.05, 3.63) is 132 Å². The second-order valence-electron chi connectivity index (χ2n) is 17.1. The van der Waals surface area contributed by atoms with E-state index < -0.39 is 0 Å². The van der Waals surface area contributed by atoms with E-state index in [2.05, 4.69) is 209 Å². The summed E-state index contributed by atoms with van der Waals surface area (Å²) < 4.78 is 1.07. The molecule has 0 aliphatic carbocycles. The summed E-state index contributed by atoms with van der Waals surface area (Å²) in [4.78, 5) is 15.4. The van der Waals surface area contributed by atoms with E-state index in [0.29, 0.717) is 12.1 Å². The van der Waals surface area contributed by atoms with Crippen molar-refractivity contribution in [3.63, 3.8) is 0 Å². The van der Waals surface area contributed by atoms with Gasteiger partial charge in [0.1, 0.15) is 3.70 Å². The number of nitrogens with zero attached hydrogens (tertiary/aromatic N) is 5. The van der Waals surface area contributed by atoms with Crippen LogP contribution in [0.2, 0.25) is 0 Å². The SMILES string of the molecule is CC1(C)CCCC(C)(C)[N-]1.CI.CN1CCC[C@H]1c1ccc(I)nc1.Cc1[c-]c(C)cc(C)c1.Cc1[c-]c(C)cc(C)c1.Cc1ccc([C@@H]2CCCN2C)cn1.[Li+].[Li+].[Li+]. The molecule has 2 atom stereocenters. The van der Waals surface area contributed by atoms with Gasteiger partial charge in [0.15, 0.2) is 0 Å². The second kappa shape index (κ2) is 30.9. The van der Waals surface area contributed by atoms with E-state index in [-0.39, 0.29) is 67.7 Å². The first-order chi connectivity index (χ1) is 26.3. The number of rotatable bonds is 2. The van der Waals surface area contributed by atoms with E-state index in [1.165, 1.54) is 103 Å². The molecule has 7 rings (SSSR count). The molecule has 2 aromatic heterocycles. The second-order valence-corrected chi connectivity index (χ2v) is 18.2. The molecule has 0 N–H and O–H groups in total. The van der Waals surface area contributed by atoms with Crippen LogP contribution in [0.25, 0.3) is 5.32 Å². The van der Waals surface area contributed by atoms with Crippen molar-refractivity contribution in [2.45, 2.75) is 144 Å². The van der Waals surface area contributed by atoms with Crippen LogP contribution >= 0.6 is 45.2 Å². The number of benzene rings is 2. The fraction of sp³-hybridized carbons (Fsp3) is 0.551. The molecule has 3 fully saturated rings. The number of alkyl halides is 1. The first kappa shape index (κ1) is 61.0. The molecule has 310 valence electrons. The molecule has 3 aliphatic rings. The summed E-state index contributed by atoms with van der Waals surface area (Å²) >= 11 is 4.39. The van der Waals surface area contributed by atoms with Gasteiger partial charge in [0.2, 0.25) is 0 Å². The van der Waals surface area contributed by atoms with Gasteiger partial charge in [0.25, 0.3) is 0 Å². The number of likely N-dealkylation sites (tertiary alicyclic amines) is 2. The molecule has 0 saturated carbocycles. The van der Waals surface area contributed by atoms with Gasteiger partial charge >= 0.3 is 56.6 Å². The Morgan fingerprint density at radius 1 is 0.593 bits per heavy atom. The maximum atomic E-state index is 4.75. The number of hydrogen-bond acceptors (Lipinski definition) is 4. The number of pyridine rings is 2. The number of halogens is 2. The van der Waals surface area contributed by atoms with Gasteiger partial charge < -0.3 is 5.32 Å². The molecule has 4 aromatic rings. The predicted octanol–water partition coefficient (Wildman–Crippen LogP) is 4.60. The summed E-state index contributed by atoms with van der Waals surface area (Å²) in [6.07, 6.45) is 13.1. The van der Waals surface area contributed by atoms with Crippen molar-refractivity contribution in [1.82, 2.24) is 19.8 Å². The normalized spacial score (nSPS) is 18.6. The minimum Gasteiger partial charge on any atom is -0.652 e. The number of hydrogen-bond donors (Lipinski definition) is 0. The first-order valence-electron chi connectivity index (χ1n) is 20.3. The summed E-state index contributed by atoms with van der Waals surface area (Å²) in [5.74, 6) is 0. The maximum absolute atomic E-state index is 4.75. The van der Waals surface area contributed by atoms with Crippen LogP contribution in [0.15, 0.2) is 60.9 Å². The fourth-order valence-corrected chi connectivity index (χ4v) is 8.34. The van der Waals surface area contributed by atoms with E-state index >= 15 is 0 Å². The Morgan fingerprint density at radius 2 is 0.966 bits per heavy atom. The molecule has 5 heterocycles. The van der Waals surface area contributed by atoms with Crippen molar-refractivity contribution in [3.8, 4) is 0 Å². The number of piperidine rings is 1. The van der Waals surface area contributed by atoms with Gasteiger partial charge in [-0.15, -0.1) is 11.1 Å². The topological polar surface area (TPSA) is 46.4 Å². The van der Waals surface area contributed by atoms with Crippen LogP contribution in [-0.4, -0.2) is 63.0 Å². The Morgan fingerprint density at radius 3 is 1.22 bits per heavy atom. The van der Waals surface area contributed by atoms with E-state index in [4.69, 9.17) is 5.32 Å². The Balaban J connectivity index is 0. The van der Waals surface area contributed by atoms with Crippen LogP contribution in [0.3, 0.4) is 0 Å². The molecule has 10 heteroatoms. The smallest absolute Gasteiger partial charge is 0.652 e. The third-order valence-electron chi connectivity index (χ3n) is 10.2. The van der Waals surface area contributed by atoms with E-state index in [9.17, 15) is 0 Å². The van der Waals surface area contributed by atoms with Crippen LogP contribution in [0.5, 0.6) is 0 Å². The standard InChI is InChI=1S/C11H16N2.C10H13IN2.C9H18N.2C9H11.CH3I.3Li/c1-9-5-6-10(8-12-9)11-4-3-7-13(11)2;1-13-6-2-3-9(13)8-4-5-10(11)12-7-8;1-8(2)6-5-7-9(3,4)10-8;2*1-7-4-8(2)6-9(3)5-7;1-2;;;/h5-6,8,11H,3-4,7H2,1-2H3;4-5,7,9H,2-3,6H2,1H3;5-7H2,1-4H3;2*4-5H,1-3H3;1H3;;;/q;;3*-1;;3*+1/t11-;9-;;;;;;;/m00......./s1. The Bertz CT molecular complexity index is 1490. The van der Waals surface area contributed by atoms with Gasteiger partial charge in [-0.25, -0.2) is 4.98 Å². The molecular formula is C49H72I2Li3N5. The van der Waals surface area contributed by atoms with Crippen molar-refractivity contribution in [2.75, 3.05) is 32.1 Å². The monoisotopic (exact) mass is 1010 g/mol. The molecule has 0 spiro atoms. The summed E-state index contributed by atoms with van der Waals surface area (Å²) in [6.45, 7) is 25.9. The third kappa shape index (κ3) is 24.5. The van der Waals surface area contributed by atoms with Crippen LogP contribution in [-0.2, 0) is 0 Å². The van der Waals surface area contributed by atoms with Crippen LogP contribution in [0.1, 0.15) is 135 Å². The largest absolute Gasteiger partial charge is 1.00 e. The van der Waals surface area contributed by atoms with Crippen LogP contribution < -0.4 is 56.6 Å². The zero-order valence-corrected chi connectivity index (χ0v) is 44.6. The van der Waals surface area contributed by atoms with Crippen molar-refractivity contribution in [1.29, 1.82) is 0 Å². The van der Waals surface area contributed by atoms with E-state index in [0.717, 1.165) is 9.39 Å². The van der Waals surface area contributed by atoms with Crippen LogP contribution in [0.4, 0.5) is 0 Å². The average Bonchev–Trinajstić information content (AvgIpc) is 3.73. The summed E-state index contributed by atoms with van der Waals surface area (Å²) in [5.41, 5.74) is 11.9. The quantitative estimate of drug-likeness (QED) is 0.0971. The predicted molar refractivity (Wildman–Crippen MR) is 259 cm³/mol. The Hall–Kier alpha value is -0.128. The molecule has 59 heavy (non-hydrogen) atoms. The summed E-state index contributed by atoms with van der Waals surface area (Å²) in [7, 11) is 4.38. The van der Waals surface area contributed by atoms with Gasteiger partial charge in [-0.1, -0.05) is 123 Å². The van der Waals surface area contributed by atoms with Crippen molar-refractivity contribution < 1.29 is 56.6 Å². The molecule has 3 saturated heterocycles. The molecule has 5 nitrogen and oxygen atoms in total. The van der Waals surface area contributed by atoms with Gasteiger partial charge in [0.05, 0.1) is 0 Å². The molecule has 2 aromatic carbocycles. The van der Waals surface area contributed by atoms with Gasteiger partial charge in [-0.05, 0) is 111 Å². The first-order valence-corrected chi connectivity index (χ1v) is 23.6.